The summed E-state index contributed by atoms with van der Waals surface area (Å²) in [6, 6.07) is 5.78. The van der Waals surface area contributed by atoms with E-state index in [0.717, 1.165) is 30.6 Å². The van der Waals surface area contributed by atoms with E-state index in [9.17, 15) is 22.8 Å². The lowest BCUT2D eigenvalue weighted by Gasteiger charge is -2.34. The van der Waals surface area contributed by atoms with Crippen molar-refractivity contribution in [1.29, 1.82) is 0 Å². The van der Waals surface area contributed by atoms with Gasteiger partial charge in [-0.2, -0.15) is 13.2 Å². The standard InChI is InChI=1S/C20H24ClF3N2O2/c1-25(10-9-20(22,23)24)19(28)17-12-13-5-2-3-8-16(13)26(17)18(27)14-6-4-7-15(21)11-14/h4,6-7,11,13,16-17H,2-3,5,8-10,12H2,1H3. The number of carbonyl (C=O) groups is 2. The Morgan fingerprint density at radius 2 is 1.96 bits per heavy atom. The quantitative estimate of drug-likeness (QED) is 0.723. The maximum absolute atomic E-state index is 13.2. The van der Waals surface area contributed by atoms with Crippen LogP contribution in [-0.4, -0.2) is 53.5 Å². The van der Waals surface area contributed by atoms with Crippen LogP contribution in [-0.2, 0) is 4.79 Å². The normalized spacial score (nSPS) is 24.8. The first-order valence-corrected chi connectivity index (χ1v) is 9.95. The van der Waals surface area contributed by atoms with Gasteiger partial charge < -0.3 is 9.80 Å². The van der Waals surface area contributed by atoms with Crippen molar-refractivity contribution < 1.29 is 22.8 Å². The smallest absolute Gasteiger partial charge is 0.344 e. The fourth-order valence-electron chi connectivity index (χ4n) is 4.40. The van der Waals surface area contributed by atoms with Crippen LogP contribution in [0, 0.1) is 5.92 Å². The van der Waals surface area contributed by atoms with Crippen LogP contribution in [0.1, 0.15) is 48.9 Å². The lowest BCUT2D eigenvalue weighted by molar-refractivity contribution is -0.146. The van der Waals surface area contributed by atoms with E-state index in [2.05, 4.69) is 0 Å². The molecule has 3 atom stereocenters. The molecular formula is C20H24ClF3N2O2. The van der Waals surface area contributed by atoms with Crippen LogP contribution in [0.15, 0.2) is 24.3 Å². The summed E-state index contributed by atoms with van der Waals surface area (Å²) in [6.45, 7) is -0.409. The van der Waals surface area contributed by atoms with E-state index in [1.807, 2.05) is 0 Å². The lowest BCUT2D eigenvalue weighted by atomic mass is 9.84. The third kappa shape index (κ3) is 4.62. The lowest BCUT2D eigenvalue weighted by Crippen LogP contribution is -2.50. The van der Waals surface area contributed by atoms with E-state index in [1.165, 1.54) is 7.05 Å². The highest BCUT2D eigenvalue weighted by Crippen LogP contribution is 2.41. The van der Waals surface area contributed by atoms with Crippen molar-refractivity contribution in [3.05, 3.63) is 34.9 Å². The molecule has 2 fully saturated rings. The van der Waals surface area contributed by atoms with Gasteiger partial charge in [-0.1, -0.05) is 30.5 Å². The van der Waals surface area contributed by atoms with Gasteiger partial charge in [-0.05, 0) is 43.4 Å². The molecule has 1 heterocycles. The molecule has 8 heteroatoms. The minimum absolute atomic E-state index is 0.0507. The van der Waals surface area contributed by atoms with Crippen LogP contribution < -0.4 is 0 Å². The molecule has 1 saturated heterocycles. The molecule has 3 unspecified atom stereocenters. The Balaban J connectivity index is 1.83. The zero-order valence-corrected chi connectivity index (χ0v) is 16.5. The Morgan fingerprint density at radius 3 is 2.64 bits per heavy atom. The Bertz CT molecular complexity index is 740. The van der Waals surface area contributed by atoms with E-state index in [-0.39, 0.29) is 17.9 Å². The summed E-state index contributed by atoms with van der Waals surface area (Å²) in [5, 5.41) is 0.426. The van der Waals surface area contributed by atoms with Crippen molar-refractivity contribution in [2.24, 2.45) is 5.92 Å². The van der Waals surface area contributed by atoms with Crippen molar-refractivity contribution in [3.63, 3.8) is 0 Å². The number of fused-ring (bicyclic) bond motifs is 1. The Labute approximate surface area is 167 Å². The summed E-state index contributed by atoms with van der Waals surface area (Å²) >= 11 is 6.01. The number of benzene rings is 1. The van der Waals surface area contributed by atoms with Gasteiger partial charge in [-0.15, -0.1) is 0 Å². The second-order valence-electron chi connectivity index (χ2n) is 7.71. The van der Waals surface area contributed by atoms with Crippen LogP contribution in [0.4, 0.5) is 13.2 Å². The van der Waals surface area contributed by atoms with E-state index >= 15 is 0 Å². The van der Waals surface area contributed by atoms with Crippen molar-refractivity contribution in [2.45, 2.75) is 56.8 Å². The number of rotatable bonds is 4. The minimum Gasteiger partial charge on any atom is -0.344 e. The number of hydrogen-bond donors (Lipinski definition) is 0. The Kier molecular flexibility index (Phi) is 6.22. The molecule has 0 N–H and O–H groups in total. The molecule has 1 aromatic rings. The van der Waals surface area contributed by atoms with Crippen LogP contribution in [0.5, 0.6) is 0 Å². The number of halogens is 4. The van der Waals surface area contributed by atoms with Gasteiger partial charge in [-0.25, -0.2) is 0 Å². The SMILES string of the molecule is CN(CCC(F)(F)F)C(=O)C1CC2CCCCC2N1C(=O)c1cccc(Cl)c1. The molecule has 0 radical (unpaired) electrons. The molecule has 0 spiro atoms. The molecule has 1 aliphatic carbocycles. The van der Waals surface area contributed by atoms with Crippen molar-refractivity contribution in [3.8, 4) is 0 Å². The van der Waals surface area contributed by atoms with E-state index in [4.69, 9.17) is 11.6 Å². The van der Waals surface area contributed by atoms with Gasteiger partial charge in [0.15, 0.2) is 0 Å². The number of hydrogen-bond acceptors (Lipinski definition) is 2. The molecule has 0 aromatic heterocycles. The van der Waals surface area contributed by atoms with Gasteiger partial charge >= 0.3 is 6.18 Å². The number of likely N-dealkylation sites (tertiary alicyclic amines) is 1. The van der Waals surface area contributed by atoms with Crippen molar-refractivity contribution in [1.82, 2.24) is 9.80 Å². The van der Waals surface area contributed by atoms with Gasteiger partial charge in [0.1, 0.15) is 6.04 Å². The Hall–Kier alpha value is -1.76. The molecule has 2 aliphatic rings. The summed E-state index contributed by atoms with van der Waals surface area (Å²) < 4.78 is 37.6. The maximum atomic E-state index is 13.2. The fraction of sp³-hybridized carbons (Fsp3) is 0.600. The Morgan fingerprint density at radius 1 is 1.25 bits per heavy atom. The minimum atomic E-state index is -4.32. The number of alkyl halides is 3. The zero-order valence-electron chi connectivity index (χ0n) is 15.7. The number of nitrogens with zero attached hydrogens (tertiary/aromatic N) is 2. The molecule has 4 nitrogen and oxygen atoms in total. The third-order valence-corrected chi connectivity index (χ3v) is 6.02. The topological polar surface area (TPSA) is 40.6 Å². The van der Waals surface area contributed by atoms with E-state index in [0.29, 0.717) is 17.0 Å². The molecule has 1 saturated carbocycles. The average molecular weight is 417 g/mol. The first kappa shape index (κ1) is 21.0. The van der Waals surface area contributed by atoms with Crippen LogP contribution >= 0.6 is 11.6 Å². The summed E-state index contributed by atoms with van der Waals surface area (Å²) in [6.07, 6.45) is -1.11. The third-order valence-electron chi connectivity index (χ3n) is 5.79. The molecule has 2 amide bonds. The summed E-state index contributed by atoms with van der Waals surface area (Å²) in [7, 11) is 1.37. The molecule has 0 bridgehead atoms. The molecule has 28 heavy (non-hydrogen) atoms. The van der Waals surface area contributed by atoms with Crippen molar-refractivity contribution in [2.75, 3.05) is 13.6 Å². The van der Waals surface area contributed by atoms with Gasteiger partial charge in [0.2, 0.25) is 5.91 Å². The highest BCUT2D eigenvalue weighted by molar-refractivity contribution is 6.31. The zero-order chi connectivity index (χ0) is 20.5. The summed E-state index contributed by atoms with van der Waals surface area (Å²) in [4.78, 5) is 28.9. The number of amides is 2. The monoisotopic (exact) mass is 416 g/mol. The van der Waals surface area contributed by atoms with Crippen molar-refractivity contribution >= 4 is 23.4 Å². The predicted octanol–water partition coefficient (Wildman–Crippen LogP) is 4.52. The number of carbonyl (C=O) groups excluding carboxylic acids is 2. The van der Waals surface area contributed by atoms with E-state index < -0.39 is 31.1 Å². The molecule has 154 valence electrons. The number of likely N-dealkylation sites (N-methyl/N-ethyl adjacent to an activating group) is 1. The van der Waals surface area contributed by atoms with Gasteiger partial charge in [0.05, 0.1) is 6.42 Å². The second-order valence-corrected chi connectivity index (χ2v) is 8.15. The fourth-order valence-corrected chi connectivity index (χ4v) is 4.59. The van der Waals surface area contributed by atoms with Crippen LogP contribution in [0.3, 0.4) is 0 Å². The highest BCUT2D eigenvalue weighted by Gasteiger charge is 2.48. The highest BCUT2D eigenvalue weighted by atomic mass is 35.5. The van der Waals surface area contributed by atoms with E-state index in [1.54, 1.807) is 29.2 Å². The molecule has 1 aliphatic heterocycles. The molecule has 1 aromatic carbocycles. The predicted molar refractivity (Wildman–Crippen MR) is 100 cm³/mol. The first-order valence-electron chi connectivity index (χ1n) is 9.57. The van der Waals surface area contributed by atoms with Crippen LogP contribution in [0.2, 0.25) is 5.02 Å². The molecular weight excluding hydrogens is 393 g/mol. The first-order chi connectivity index (χ1) is 13.2. The maximum Gasteiger partial charge on any atom is 0.390 e. The van der Waals surface area contributed by atoms with Gasteiger partial charge in [0, 0.05) is 30.2 Å². The van der Waals surface area contributed by atoms with Gasteiger partial charge in [-0.3, -0.25) is 9.59 Å². The average Bonchev–Trinajstić information content (AvgIpc) is 3.03. The summed E-state index contributed by atoms with van der Waals surface area (Å²) in [5.41, 5.74) is 0.398. The van der Waals surface area contributed by atoms with Crippen LogP contribution in [0.25, 0.3) is 0 Å². The summed E-state index contributed by atoms with van der Waals surface area (Å²) in [5.74, 6) is -0.490. The van der Waals surface area contributed by atoms with Gasteiger partial charge in [0.25, 0.3) is 5.91 Å². The second kappa shape index (κ2) is 8.31. The molecule has 3 rings (SSSR count). The largest absolute Gasteiger partial charge is 0.390 e.